The molecule has 3 heterocycles. The second-order valence-electron chi connectivity index (χ2n) is 4.30. The molecule has 0 aromatic carbocycles. The Morgan fingerprint density at radius 1 is 1.61 bits per heavy atom. The summed E-state index contributed by atoms with van der Waals surface area (Å²) in [6, 6.07) is 1.57. The first kappa shape index (κ1) is 10.9. The Balaban J connectivity index is 1.85. The molecular formula is C11H13N5O2. The van der Waals surface area contributed by atoms with Gasteiger partial charge in [-0.2, -0.15) is 10.1 Å². The fourth-order valence-corrected chi connectivity index (χ4v) is 2.26. The maximum Gasteiger partial charge on any atom is 0.272 e. The fraction of sp³-hybridized carbons (Fsp3) is 0.455. The van der Waals surface area contributed by atoms with Gasteiger partial charge in [-0.15, -0.1) is 0 Å². The lowest BCUT2D eigenvalue weighted by Gasteiger charge is -2.21. The molecule has 1 N–H and O–H groups in total. The van der Waals surface area contributed by atoms with Crippen LogP contribution < -0.4 is 0 Å². The maximum atomic E-state index is 12.3. The van der Waals surface area contributed by atoms with Crippen LogP contribution in [-0.2, 0) is 0 Å². The van der Waals surface area contributed by atoms with Crippen LogP contribution in [0, 0.1) is 6.92 Å². The van der Waals surface area contributed by atoms with Gasteiger partial charge in [0, 0.05) is 19.7 Å². The van der Waals surface area contributed by atoms with Crippen molar-refractivity contribution in [2.24, 2.45) is 0 Å². The van der Waals surface area contributed by atoms with Gasteiger partial charge in [0.2, 0.25) is 5.89 Å². The SMILES string of the molecule is Cc1nc(C2CCCN2C(=O)c2ccn[nH]2)no1. The molecule has 1 fully saturated rings. The molecule has 1 saturated heterocycles. The predicted molar refractivity (Wildman–Crippen MR) is 60.6 cm³/mol. The Labute approximate surface area is 103 Å². The highest BCUT2D eigenvalue weighted by Gasteiger charge is 2.34. The lowest BCUT2D eigenvalue weighted by molar-refractivity contribution is 0.0722. The lowest BCUT2D eigenvalue weighted by Crippen LogP contribution is -2.31. The number of hydrogen-bond donors (Lipinski definition) is 1. The van der Waals surface area contributed by atoms with Gasteiger partial charge in [-0.3, -0.25) is 9.89 Å². The zero-order valence-electron chi connectivity index (χ0n) is 9.96. The molecule has 0 aliphatic carbocycles. The van der Waals surface area contributed by atoms with Crippen LogP contribution in [0.1, 0.15) is 41.1 Å². The minimum atomic E-state index is -0.0988. The predicted octanol–water partition coefficient (Wildman–Crippen LogP) is 1.08. The molecule has 1 atom stereocenters. The molecule has 2 aromatic rings. The van der Waals surface area contributed by atoms with Gasteiger partial charge in [-0.1, -0.05) is 5.16 Å². The van der Waals surface area contributed by atoms with Gasteiger partial charge in [0.15, 0.2) is 5.82 Å². The van der Waals surface area contributed by atoms with Crippen LogP contribution in [0.15, 0.2) is 16.8 Å². The quantitative estimate of drug-likeness (QED) is 0.857. The molecule has 0 spiro atoms. The molecular weight excluding hydrogens is 234 g/mol. The molecule has 1 unspecified atom stereocenters. The number of carbonyl (C=O) groups excluding carboxylic acids is 1. The van der Waals surface area contributed by atoms with Gasteiger partial charge in [0.25, 0.3) is 5.91 Å². The van der Waals surface area contributed by atoms with Gasteiger partial charge >= 0.3 is 0 Å². The molecule has 7 heteroatoms. The monoisotopic (exact) mass is 247 g/mol. The Morgan fingerprint density at radius 2 is 2.50 bits per heavy atom. The lowest BCUT2D eigenvalue weighted by atomic mass is 10.2. The van der Waals surface area contributed by atoms with Crippen LogP contribution >= 0.6 is 0 Å². The summed E-state index contributed by atoms with van der Waals surface area (Å²) in [4.78, 5) is 18.2. The molecule has 18 heavy (non-hydrogen) atoms. The van der Waals surface area contributed by atoms with Crippen molar-refractivity contribution in [2.75, 3.05) is 6.54 Å². The molecule has 0 saturated carbocycles. The molecule has 1 amide bonds. The number of carbonyl (C=O) groups is 1. The number of hydrogen-bond acceptors (Lipinski definition) is 5. The number of aryl methyl sites for hydroxylation is 1. The first-order valence-electron chi connectivity index (χ1n) is 5.86. The smallest absolute Gasteiger partial charge is 0.272 e. The number of nitrogens with one attached hydrogen (secondary N) is 1. The van der Waals surface area contributed by atoms with Crippen LogP contribution in [0.3, 0.4) is 0 Å². The van der Waals surface area contributed by atoms with Gasteiger partial charge < -0.3 is 9.42 Å². The number of aromatic amines is 1. The van der Waals surface area contributed by atoms with Crippen molar-refractivity contribution in [1.29, 1.82) is 0 Å². The minimum Gasteiger partial charge on any atom is -0.340 e. The van der Waals surface area contributed by atoms with Crippen molar-refractivity contribution in [3.05, 3.63) is 29.7 Å². The molecule has 94 valence electrons. The number of nitrogens with zero attached hydrogens (tertiary/aromatic N) is 4. The standard InChI is InChI=1S/C11H13N5O2/c1-7-13-10(15-18-7)9-3-2-6-16(9)11(17)8-4-5-12-14-8/h4-5,9H,2-3,6H2,1H3,(H,12,14). The number of H-pyrrole nitrogens is 1. The largest absolute Gasteiger partial charge is 0.340 e. The summed E-state index contributed by atoms with van der Waals surface area (Å²) in [6.07, 6.45) is 3.37. The first-order chi connectivity index (χ1) is 8.75. The normalized spacial score (nSPS) is 19.4. The van der Waals surface area contributed by atoms with Crippen molar-refractivity contribution in [2.45, 2.75) is 25.8 Å². The topological polar surface area (TPSA) is 87.9 Å². The Kier molecular flexibility index (Phi) is 2.58. The number of rotatable bonds is 2. The zero-order chi connectivity index (χ0) is 12.5. The highest BCUT2D eigenvalue weighted by atomic mass is 16.5. The Bertz CT molecular complexity index is 548. The molecule has 7 nitrogen and oxygen atoms in total. The van der Waals surface area contributed by atoms with Crippen LogP contribution in [0.25, 0.3) is 0 Å². The van der Waals surface area contributed by atoms with Gasteiger partial charge in [0.05, 0.1) is 6.04 Å². The summed E-state index contributed by atoms with van der Waals surface area (Å²) in [6.45, 7) is 2.45. The summed E-state index contributed by atoms with van der Waals surface area (Å²) < 4.78 is 4.98. The van der Waals surface area contributed by atoms with Gasteiger partial charge in [-0.25, -0.2) is 0 Å². The van der Waals surface area contributed by atoms with Gasteiger partial charge in [-0.05, 0) is 18.9 Å². The van der Waals surface area contributed by atoms with Crippen molar-refractivity contribution in [3.63, 3.8) is 0 Å². The summed E-state index contributed by atoms with van der Waals surface area (Å²) in [7, 11) is 0. The van der Waals surface area contributed by atoms with E-state index in [0.29, 0.717) is 24.0 Å². The third-order valence-electron chi connectivity index (χ3n) is 3.09. The number of amides is 1. The van der Waals surface area contributed by atoms with Crippen LogP contribution in [0.2, 0.25) is 0 Å². The molecule has 0 bridgehead atoms. The van der Waals surface area contributed by atoms with E-state index in [9.17, 15) is 4.79 Å². The van der Waals surface area contributed by atoms with E-state index in [1.165, 1.54) is 0 Å². The van der Waals surface area contributed by atoms with Crippen LogP contribution in [-0.4, -0.2) is 37.7 Å². The van der Waals surface area contributed by atoms with E-state index in [2.05, 4.69) is 20.3 Å². The summed E-state index contributed by atoms with van der Waals surface area (Å²) in [5.74, 6) is 1.03. The third kappa shape index (κ3) is 1.77. The molecule has 1 aliphatic heterocycles. The molecule has 3 rings (SSSR count). The van der Waals surface area contributed by atoms with E-state index in [0.717, 1.165) is 12.8 Å². The van der Waals surface area contributed by atoms with E-state index in [1.54, 1.807) is 24.1 Å². The highest BCUT2D eigenvalue weighted by Crippen LogP contribution is 2.31. The van der Waals surface area contributed by atoms with Crippen LogP contribution in [0.4, 0.5) is 0 Å². The molecule has 2 aromatic heterocycles. The highest BCUT2D eigenvalue weighted by molar-refractivity contribution is 5.92. The van der Waals surface area contributed by atoms with Crippen molar-refractivity contribution >= 4 is 5.91 Å². The summed E-state index contributed by atoms with van der Waals surface area (Å²) in [5.41, 5.74) is 0.488. The van der Waals surface area contributed by atoms with E-state index in [4.69, 9.17) is 4.52 Å². The van der Waals surface area contributed by atoms with Crippen molar-refractivity contribution < 1.29 is 9.32 Å². The molecule has 1 aliphatic rings. The Morgan fingerprint density at radius 3 is 3.17 bits per heavy atom. The second-order valence-corrected chi connectivity index (χ2v) is 4.30. The fourth-order valence-electron chi connectivity index (χ4n) is 2.26. The van der Waals surface area contributed by atoms with Gasteiger partial charge in [0.1, 0.15) is 5.69 Å². The summed E-state index contributed by atoms with van der Waals surface area (Å²) in [5, 5.41) is 10.4. The maximum absolute atomic E-state index is 12.3. The Hall–Kier alpha value is -2.18. The summed E-state index contributed by atoms with van der Waals surface area (Å²) >= 11 is 0. The zero-order valence-corrected chi connectivity index (χ0v) is 9.96. The second kappa shape index (κ2) is 4.25. The van der Waals surface area contributed by atoms with E-state index < -0.39 is 0 Å². The van der Waals surface area contributed by atoms with Crippen molar-refractivity contribution in [3.8, 4) is 0 Å². The minimum absolute atomic E-state index is 0.0718. The van der Waals surface area contributed by atoms with Crippen molar-refractivity contribution in [1.82, 2.24) is 25.2 Å². The first-order valence-corrected chi connectivity index (χ1v) is 5.86. The molecule has 0 radical (unpaired) electrons. The number of aromatic nitrogens is 4. The average molecular weight is 247 g/mol. The van der Waals surface area contributed by atoms with E-state index in [-0.39, 0.29) is 11.9 Å². The third-order valence-corrected chi connectivity index (χ3v) is 3.09. The number of likely N-dealkylation sites (tertiary alicyclic amines) is 1. The van der Waals surface area contributed by atoms with Crippen LogP contribution in [0.5, 0.6) is 0 Å². The van der Waals surface area contributed by atoms with E-state index >= 15 is 0 Å². The average Bonchev–Trinajstić information content (AvgIpc) is 3.09. The van der Waals surface area contributed by atoms with E-state index in [1.807, 2.05) is 0 Å².